The van der Waals surface area contributed by atoms with E-state index in [4.69, 9.17) is 0 Å². The second kappa shape index (κ2) is 4.05. The van der Waals surface area contributed by atoms with Gasteiger partial charge in [0.15, 0.2) is 0 Å². The molecule has 9 heteroatoms. The van der Waals surface area contributed by atoms with Crippen LogP contribution in [0.3, 0.4) is 0 Å². The Morgan fingerprint density at radius 1 is 1.47 bits per heavy atom. The summed E-state index contributed by atoms with van der Waals surface area (Å²) in [6, 6.07) is 2.95. The molecule has 2 heterocycles. The third kappa shape index (κ3) is 1.66. The molecular weight excluding hydrogens is 270 g/mol. The Morgan fingerprint density at radius 3 is 2.95 bits per heavy atom. The molecular formula is C10H7N5O3S. The molecule has 0 atom stereocenters. The summed E-state index contributed by atoms with van der Waals surface area (Å²) in [6.45, 7) is 0. The topological polar surface area (TPSA) is 106 Å². The van der Waals surface area contributed by atoms with Gasteiger partial charge in [0.05, 0.1) is 15.3 Å². The van der Waals surface area contributed by atoms with Crippen LogP contribution in [0.2, 0.25) is 0 Å². The molecule has 0 aliphatic carbocycles. The van der Waals surface area contributed by atoms with Gasteiger partial charge in [-0.2, -0.15) is 14.6 Å². The number of nitrogens with zero attached hydrogens (tertiary/aromatic N) is 4. The largest absolute Gasteiger partial charge is 0.370 e. The van der Waals surface area contributed by atoms with Crippen LogP contribution in [0.1, 0.15) is 0 Å². The SMILES string of the molecule is CSc1cc2c(cc1[N+](=O)[O-])nc(=O)n1nc[nH]c21. The van der Waals surface area contributed by atoms with Crippen LogP contribution >= 0.6 is 11.8 Å². The maximum atomic E-state index is 11.7. The highest BCUT2D eigenvalue weighted by Crippen LogP contribution is 2.31. The van der Waals surface area contributed by atoms with Gasteiger partial charge in [-0.15, -0.1) is 11.8 Å². The summed E-state index contributed by atoms with van der Waals surface area (Å²) in [7, 11) is 0. The van der Waals surface area contributed by atoms with Gasteiger partial charge in [-0.3, -0.25) is 10.1 Å². The zero-order valence-corrected chi connectivity index (χ0v) is 10.5. The zero-order chi connectivity index (χ0) is 13.6. The Labute approximate surface area is 109 Å². The summed E-state index contributed by atoms with van der Waals surface area (Å²) < 4.78 is 1.12. The molecule has 1 N–H and O–H groups in total. The number of H-pyrrole nitrogens is 1. The van der Waals surface area contributed by atoms with E-state index < -0.39 is 10.6 Å². The summed E-state index contributed by atoms with van der Waals surface area (Å²) in [4.78, 5) is 29.3. The number of aromatic amines is 1. The van der Waals surface area contributed by atoms with Crippen molar-refractivity contribution in [1.82, 2.24) is 19.6 Å². The Bertz CT molecular complexity index is 869. The molecule has 0 aliphatic heterocycles. The van der Waals surface area contributed by atoms with Crippen molar-refractivity contribution in [2.45, 2.75) is 4.90 Å². The predicted molar refractivity (Wildman–Crippen MR) is 69.5 cm³/mol. The number of nitro groups is 1. The maximum absolute atomic E-state index is 11.7. The molecule has 0 bridgehead atoms. The van der Waals surface area contributed by atoms with Crippen molar-refractivity contribution >= 4 is 34.0 Å². The second-order valence-electron chi connectivity index (χ2n) is 3.74. The molecule has 3 aromatic rings. The minimum atomic E-state index is -0.574. The number of nitrogens with one attached hydrogen (secondary N) is 1. The minimum Gasteiger partial charge on any atom is -0.329 e. The number of hydrogen-bond donors (Lipinski definition) is 1. The molecule has 0 saturated carbocycles. The molecule has 3 rings (SSSR count). The van der Waals surface area contributed by atoms with Gasteiger partial charge >= 0.3 is 5.69 Å². The second-order valence-corrected chi connectivity index (χ2v) is 4.59. The van der Waals surface area contributed by atoms with Crippen LogP contribution in [0.4, 0.5) is 5.69 Å². The number of hydrogen-bond acceptors (Lipinski definition) is 6. The lowest BCUT2D eigenvalue weighted by molar-refractivity contribution is -0.387. The Hall–Kier alpha value is -2.42. The average Bonchev–Trinajstić information content (AvgIpc) is 2.87. The first kappa shape index (κ1) is 11.7. The van der Waals surface area contributed by atoms with Gasteiger partial charge in [0.25, 0.3) is 5.69 Å². The molecule has 19 heavy (non-hydrogen) atoms. The molecule has 96 valence electrons. The molecule has 0 aliphatic rings. The molecule has 8 nitrogen and oxygen atoms in total. The molecule has 0 radical (unpaired) electrons. The standard InChI is InChI=1S/C10H7N5O3S/c1-19-8-2-5-6(3-7(8)15(17)18)13-10(16)14-9(5)11-4-12-14/h2-4H,1H3,(H,11,12). The van der Waals surface area contributed by atoms with Crippen LogP contribution in [0.5, 0.6) is 0 Å². The summed E-state index contributed by atoms with van der Waals surface area (Å²) in [5, 5.41) is 15.4. The van der Waals surface area contributed by atoms with E-state index in [2.05, 4.69) is 15.1 Å². The molecule has 0 fully saturated rings. The smallest absolute Gasteiger partial charge is 0.329 e. The summed E-state index contributed by atoms with van der Waals surface area (Å²) >= 11 is 1.26. The van der Waals surface area contributed by atoms with Gasteiger partial charge < -0.3 is 4.98 Å². The van der Waals surface area contributed by atoms with Crippen LogP contribution in [-0.4, -0.2) is 30.8 Å². The van der Waals surface area contributed by atoms with Crippen molar-refractivity contribution in [1.29, 1.82) is 0 Å². The van der Waals surface area contributed by atoms with Crippen molar-refractivity contribution in [2.24, 2.45) is 0 Å². The van der Waals surface area contributed by atoms with Crippen molar-refractivity contribution in [2.75, 3.05) is 6.26 Å². The minimum absolute atomic E-state index is 0.0595. The van der Waals surface area contributed by atoms with E-state index in [-0.39, 0.29) is 11.2 Å². The summed E-state index contributed by atoms with van der Waals surface area (Å²) in [6.07, 6.45) is 3.12. The van der Waals surface area contributed by atoms with Gasteiger partial charge in [0.1, 0.15) is 12.0 Å². The molecule has 0 amide bonds. The number of fused-ring (bicyclic) bond motifs is 3. The van der Waals surface area contributed by atoms with Gasteiger partial charge in [-0.1, -0.05) is 0 Å². The Balaban J connectivity index is 2.51. The van der Waals surface area contributed by atoms with E-state index in [1.54, 1.807) is 12.3 Å². The van der Waals surface area contributed by atoms with Gasteiger partial charge in [0, 0.05) is 11.5 Å². The van der Waals surface area contributed by atoms with E-state index in [0.717, 1.165) is 4.52 Å². The molecule has 0 unspecified atom stereocenters. The van der Waals surface area contributed by atoms with Gasteiger partial charge in [-0.05, 0) is 12.3 Å². The highest BCUT2D eigenvalue weighted by atomic mass is 32.2. The number of nitro benzene ring substituents is 1. The Morgan fingerprint density at radius 2 is 2.26 bits per heavy atom. The number of aromatic nitrogens is 4. The quantitative estimate of drug-likeness (QED) is 0.428. The number of rotatable bonds is 2. The first-order chi connectivity index (χ1) is 9.11. The van der Waals surface area contributed by atoms with E-state index in [0.29, 0.717) is 15.9 Å². The van der Waals surface area contributed by atoms with Crippen molar-refractivity contribution in [3.63, 3.8) is 0 Å². The Kier molecular flexibility index (Phi) is 2.49. The molecule has 2 aromatic heterocycles. The predicted octanol–water partition coefficient (Wildman–Crippen LogP) is 1.20. The van der Waals surface area contributed by atoms with Crippen LogP contribution in [0, 0.1) is 10.1 Å². The number of thioether (sulfide) groups is 1. The van der Waals surface area contributed by atoms with Crippen molar-refractivity contribution in [3.8, 4) is 0 Å². The fourth-order valence-electron chi connectivity index (χ4n) is 1.90. The molecule has 0 saturated heterocycles. The van der Waals surface area contributed by atoms with E-state index in [1.165, 1.54) is 24.2 Å². The summed E-state index contributed by atoms with van der Waals surface area (Å²) in [5.41, 5.74) is 0.115. The van der Waals surface area contributed by atoms with Gasteiger partial charge in [0.2, 0.25) is 0 Å². The third-order valence-corrected chi connectivity index (χ3v) is 3.50. The number of benzene rings is 1. The lowest BCUT2D eigenvalue weighted by atomic mass is 10.2. The van der Waals surface area contributed by atoms with Crippen LogP contribution < -0.4 is 5.69 Å². The van der Waals surface area contributed by atoms with Crippen LogP contribution in [-0.2, 0) is 0 Å². The average molecular weight is 277 g/mol. The summed E-state index contributed by atoms with van der Waals surface area (Å²) in [5.74, 6) is 0. The maximum Gasteiger partial charge on any atom is 0.370 e. The normalized spacial score (nSPS) is 11.2. The van der Waals surface area contributed by atoms with Crippen LogP contribution in [0.25, 0.3) is 16.6 Å². The molecule has 1 aromatic carbocycles. The highest BCUT2D eigenvalue weighted by Gasteiger charge is 2.17. The highest BCUT2D eigenvalue weighted by molar-refractivity contribution is 7.98. The first-order valence-electron chi connectivity index (χ1n) is 5.20. The third-order valence-electron chi connectivity index (χ3n) is 2.73. The first-order valence-corrected chi connectivity index (χ1v) is 6.43. The zero-order valence-electron chi connectivity index (χ0n) is 9.65. The fraction of sp³-hybridized carbons (Fsp3) is 0.100. The van der Waals surface area contributed by atoms with E-state index in [1.807, 2.05) is 0 Å². The van der Waals surface area contributed by atoms with Gasteiger partial charge in [-0.25, -0.2) is 4.79 Å². The van der Waals surface area contributed by atoms with E-state index >= 15 is 0 Å². The molecule has 0 spiro atoms. The van der Waals surface area contributed by atoms with Crippen molar-refractivity contribution < 1.29 is 4.92 Å². The fourth-order valence-corrected chi connectivity index (χ4v) is 2.48. The van der Waals surface area contributed by atoms with Crippen molar-refractivity contribution in [3.05, 3.63) is 39.1 Å². The van der Waals surface area contributed by atoms with E-state index in [9.17, 15) is 14.9 Å². The monoisotopic (exact) mass is 277 g/mol. The lowest BCUT2D eigenvalue weighted by Crippen LogP contribution is -2.17. The lowest BCUT2D eigenvalue weighted by Gasteiger charge is -2.03. The van der Waals surface area contributed by atoms with Crippen LogP contribution in [0.15, 0.2) is 28.2 Å².